The normalized spacial score (nSPS) is 10.4. The van der Waals surface area contributed by atoms with Gasteiger partial charge in [-0.1, -0.05) is 11.6 Å². The van der Waals surface area contributed by atoms with Crippen molar-refractivity contribution in [3.63, 3.8) is 0 Å². The van der Waals surface area contributed by atoms with Gasteiger partial charge in [-0.3, -0.25) is 10.1 Å². The van der Waals surface area contributed by atoms with Crippen LogP contribution in [0.4, 0.5) is 10.1 Å². The van der Waals surface area contributed by atoms with Crippen LogP contribution in [0.2, 0.25) is 5.02 Å². The van der Waals surface area contributed by atoms with Crippen LogP contribution in [0.1, 0.15) is 11.1 Å². The molecule has 2 aromatic rings. The van der Waals surface area contributed by atoms with Gasteiger partial charge in [-0.05, 0) is 29.8 Å². The zero-order valence-electron chi connectivity index (χ0n) is 10.7. The highest BCUT2D eigenvalue weighted by atomic mass is 35.5. The Morgan fingerprint density at radius 2 is 2.00 bits per heavy atom. The fraction of sp³-hybridized carbons (Fsp3) is 0.143. The molecule has 2 aromatic carbocycles. The Kier molecular flexibility index (Phi) is 4.98. The number of benzene rings is 2. The number of alkyl halides is 1. The van der Waals surface area contributed by atoms with E-state index in [0.717, 1.165) is 6.07 Å². The van der Waals surface area contributed by atoms with Gasteiger partial charge in [0.1, 0.15) is 18.2 Å². The van der Waals surface area contributed by atoms with Gasteiger partial charge in [0.05, 0.1) is 16.9 Å². The largest absolute Gasteiger partial charge is 0.489 e. The molecule has 4 nitrogen and oxygen atoms in total. The van der Waals surface area contributed by atoms with Crippen LogP contribution in [0.5, 0.6) is 5.75 Å². The molecule has 0 radical (unpaired) electrons. The molecule has 0 aromatic heterocycles. The van der Waals surface area contributed by atoms with Crippen molar-refractivity contribution in [2.24, 2.45) is 0 Å². The van der Waals surface area contributed by atoms with Crippen LogP contribution >= 0.6 is 23.2 Å². The Morgan fingerprint density at radius 3 is 2.67 bits per heavy atom. The van der Waals surface area contributed by atoms with E-state index in [-0.39, 0.29) is 18.2 Å². The molecule has 0 fully saturated rings. The van der Waals surface area contributed by atoms with Gasteiger partial charge >= 0.3 is 0 Å². The number of nitro groups is 1. The predicted molar refractivity (Wildman–Crippen MR) is 78.4 cm³/mol. The fourth-order valence-electron chi connectivity index (χ4n) is 1.78. The maximum absolute atomic E-state index is 13.3. The quantitative estimate of drug-likeness (QED) is 0.453. The van der Waals surface area contributed by atoms with Gasteiger partial charge in [0, 0.05) is 16.7 Å². The van der Waals surface area contributed by atoms with E-state index in [2.05, 4.69) is 0 Å². The van der Waals surface area contributed by atoms with Crippen LogP contribution in [0, 0.1) is 15.9 Å². The van der Waals surface area contributed by atoms with E-state index in [1.165, 1.54) is 12.1 Å². The fourth-order valence-corrected chi connectivity index (χ4v) is 2.18. The molecule has 0 aliphatic rings. The van der Waals surface area contributed by atoms with Gasteiger partial charge < -0.3 is 4.74 Å². The van der Waals surface area contributed by atoms with Crippen LogP contribution in [0.3, 0.4) is 0 Å². The van der Waals surface area contributed by atoms with E-state index in [9.17, 15) is 14.5 Å². The first-order chi connectivity index (χ1) is 9.99. The minimum atomic E-state index is -0.684. The first kappa shape index (κ1) is 15.5. The van der Waals surface area contributed by atoms with Crippen molar-refractivity contribution in [1.82, 2.24) is 0 Å². The Hall–Kier alpha value is -1.85. The number of rotatable bonds is 5. The standard InChI is InChI=1S/C14H10Cl2FNO3/c15-7-10-5-11(16)1-2-14(10)21-8-9-3-12(17)6-13(4-9)18(19)20/h1-6H,7-8H2. The number of non-ortho nitro benzene ring substituents is 1. The smallest absolute Gasteiger partial charge is 0.272 e. The summed E-state index contributed by atoms with van der Waals surface area (Å²) in [6.07, 6.45) is 0. The monoisotopic (exact) mass is 329 g/mol. The SMILES string of the molecule is O=[N+]([O-])c1cc(F)cc(COc2ccc(Cl)cc2CCl)c1. The van der Waals surface area contributed by atoms with E-state index >= 15 is 0 Å². The summed E-state index contributed by atoms with van der Waals surface area (Å²) >= 11 is 11.6. The van der Waals surface area contributed by atoms with E-state index < -0.39 is 10.7 Å². The number of nitrogens with zero attached hydrogens (tertiary/aromatic N) is 1. The summed E-state index contributed by atoms with van der Waals surface area (Å²) in [7, 11) is 0. The number of halogens is 3. The molecule has 0 heterocycles. The van der Waals surface area contributed by atoms with E-state index in [1.54, 1.807) is 18.2 Å². The van der Waals surface area contributed by atoms with Gasteiger partial charge in [0.25, 0.3) is 5.69 Å². The summed E-state index contributed by atoms with van der Waals surface area (Å²) in [5.41, 5.74) is 0.731. The van der Waals surface area contributed by atoms with Crippen molar-refractivity contribution < 1.29 is 14.1 Å². The highest BCUT2D eigenvalue weighted by Crippen LogP contribution is 2.26. The molecule has 0 bridgehead atoms. The van der Waals surface area contributed by atoms with E-state index in [4.69, 9.17) is 27.9 Å². The molecular weight excluding hydrogens is 320 g/mol. The zero-order chi connectivity index (χ0) is 15.4. The number of ether oxygens (including phenoxy) is 1. The third kappa shape index (κ3) is 4.06. The van der Waals surface area contributed by atoms with E-state index in [1.807, 2.05) is 0 Å². The van der Waals surface area contributed by atoms with Gasteiger partial charge in [0.2, 0.25) is 0 Å². The lowest BCUT2D eigenvalue weighted by Gasteiger charge is -2.10. The Bertz CT molecular complexity index is 679. The van der Waals surface area contributed by atoms with Crippen molar-refractivity contribution in [2.45, 2.75) is 12.5 Å². The Morgan fingerprint density at radius 1 is 1.24 bits per heavy atom. The predicted octanol–water partition coefficient (Wildman–Crippen LogP) is 4.71. The summed E-state index contributed by atoms with van der Waals surface area (Å²) in [5.74, 6) is 0.0249. The molecule has 0 atom stereocenters. The first-order valence-corrected chi connectivity index (χ1v) is 6.82. The van der Waals surface area contributed by atoms with Crippen molar-refractivity contribution >= 4 is 28.9 Å². The lowest BCUT2D eigenvalue weighted by atomic mass is 10.2. The van der Waals surface area contributed by atoms with Crippen molar-refractivity contribution in [3.05, 3.63) is 68.5 Å². The summed E-state index contributed by atoms with van der Waals surface area (Å²) < 4.78 is 18.8. The zero-order valence-corrected chi connectivity index (χ0v) is 12.2. The van der Waals surface area contributed by atoms with Crippen LogP contribution in [0.25, 0.3) is 0 Å². The molecule has 0 N–H and O–H groups in total. The number of hydrogen-bond donors (Lipinski definition) is 0. The van der Waals surface area contributed by atoms with Crippen LogP contribution in [0.15, 0.2) is 36.4 Å². The summed E-state index contributed by atoms with van der Waals surface area (Å²) in [6, 6.07) is 8.26. The molecule has 0 saturated carbocycles. The molecule has 0 saturated heterocycles. The molecule has 21 heavy (non-hydrogen) atoms. The third-order valence-corrected chi connectivity index (χ3v) is 3.24. The maximum Gasteiger partial charge on any atom is 0.272 e. The van der Waals surface area contributed by atoms with Gasteiger partial charge in [-0.2, -0.15) is 0 Å². The lowest BCUT2D eigenvalue weighted by Crippen LogP contribution is -2.00. The van der Waals surface area contributed by atoms with Crippen molar-refractivity contribution in [2.75, 3.05) is 0 Å². The van der Waals surface area contributed by atoms with E-state index in [0.29, 0.717) is 21.9 Å². The summed E-state index contributed by atoms with van der Waals surface area (Å²) in [4.78, 5) is 10.0. The summed E-state index contributed by atoms with van der Waals surface area (Å²) in [5, 5.41) is 11.2. The first-order valence-electron chi connectivity index (χ1n) is 5.90. The third-order valence-electron chi connectivity index (χ3n) is 2.71. The minimum Gasteiger partial charge on any atom is -0.489 e. The number of hydrogen-bond acceptors (Lipinski definition) is 3. The Labute approximate surface area is 130 Å². The molecular formula is C14H10Cl2FNO3. The van der Waals surface area contributed by atoms with Crippen LogP contribution < -0.4 is 4.74 Å². The molecule has 2 rings (SSSR count). The lowest BCUT2D eigenvalue weighted by molar-refractivity contribution is -0.385. The highest BCUT2D eigenvalue weighted by Gasteiger charge is 2.11. The second-order valence-corrected chi connectivity index (χ2v) is 4.95. The average Bonchev–Trinajstić information content (AvgIpc) is 2.45. The molecule has 110 valence electrons. The average molecular weight is 330 g/mol. The second kappa shape index (κ2) is 6.74. The van der Waals surface area contributed by atoms with Gasteiger partial charge in [0.15, 0.2) is 0 Å². The molecule has 0 aliphatic carbocycles. The van der Waals surface area contributed by atoms with Gasteiger partial charge in [-0.25, -0.2) is 4.39 Å². The molecule has 0 spiro atoms. The van der Waals surface area contributed by atoms with Crippen LogP contribution in [-0.2, 0) is 12.5 Å². The highest BCUT2D eigenvalue weighted by molar-refractivity contribution is 6.30. The van der Waals surface area contributed by atoms with Crippen molar-refractivity contribution in [3.8, 4) is 5.75 Å². The maximum atomic E-state index is 13.3. The molecule has 0 amide bonds. The molecule has 0 aliphatic heterocycles. The minimum absolute atomic E-state index is 0.00980. The number of nitro benzene ring substituents is 1. The van der Waals surface area contributed by atoms with Crippen LogP contribution in [-0.4, -0.2) is 4.92 Å². The molecule has 7 heteroatoms. The second-order valence-electron chi connectivity index (χ2n) is 4.25. The van der Waals surface area contributed by atoms with Crippen molar-refractivity contribution in [1.29, 1.82) is 0 Å². The molecule has 0 unspecified atom stereocenters. The topological polar surface area (TPSA) is 52.4 Å². The Balaban J connectivity index is 2.18. The van der Waals surface area contributed by atoms with Gasteiger partial charge in [-0.15, -0.1) is 11.6 Å². The summed E-state index contributed by atoms with van der Waals surface area (Å²) in [6.45, 7) is -0.00980.